The van der Waals surface area contributed by atoms with Gasteiger partial charge in [-0.25, -0.2) is 8.42 Å². The second-order valence-electron chi connectivity index (χ2n) is 5.10. The van der Waals surface area contributed by atoms with Gasteiger partial charge in [0.15, 0.2) is 9.84 Å². The molecule has 0 radical (unpaired) electrons. The van der Waals surface area contributed by atoms with E-state index in [0.29, 0.717) is 0 Å². The molecule has 2 N–H and O–H groups in total. The number of carbonyl (C=O) groups excluding carboxylic acids is 2. The lowest BCUT2D eigenvalue weighted by Crippen LogP contribution is -2.42. The van der Waals surface area contributed by atoms with Crippen molar-refractivity contribution in [3.63, 3.8) is 0 Å². The molecule has 1 aromatic rings. The minimum Gasteiger partial charge on any atom is -0.344 e. The van der Waals surface area contributed by atoms with E-state index in [9.17, 15) is 31.2 Å². The van der Waals surface area contributed by atoms with Gasteiger partial charge in [-0.2, -0.15) is 13.2 Å². The Morgan fingerprint density at radius 3 is 2.17 bits per heavy atom. The van der Waals surface area contributed by atoms with Gasteiger partial charge in [0.1, 0.15) is 0 Å². The summed E-state index contributed by atoms with van der Waals surface area (Å²) >= 11 is 0. The normalized spacial score (nSPS) is 20.0. The van der Waals surface area contributed by atoms with Gasteiger partial charge in [-0.15, -0.1) is 0 Å². The highest BCUT2D eigenvalue weighted by atomic mass is 32.2. The summed E-state index contributed by atoms with van der Waals surface area (Å²) in [6, 6.07) is 2.96. The Hall–Kier alpha value is -2.10. The van der Waals surface area contributed by atoms with E-state index in [-0.39, 0.29) is 23.6 Å². The fourth-order valence-corrected chi connectivity index (χ4v) is 3.76. The molecule has 1 saturated heterocycles. The summed E-state index contributed by atoms with van der Waals surface area (Å²) < 4.78 is 59.7. The lowest BCUT2D eigenvalue weighted by Gasteiger charge is -2.11. The summed E-state index contributed by atoms with van der Waals surface area (Å²) in [7, 11) is -3.20. The molecule has 1 aromatic carbocycles. The number of rotatable bonds is 2. The van der Waals surface area contributed by atoms with Gasteiger partial charge in [0, 0.05) is 11.7 Å². The monoisotopic (exact) mass is 350 g/mol. The van der Waals surface area contributed by atoms with Crippen molar-refractivity contribution >= 4 is 27.3 Å². The van der Waals surface area contributed by atoms with Gasteiger partial charge in [0.25, 0.3) is 0 Å². The molecule has 1 aliphatic heterocycles. The molecule has 126 valence electrons. The first-order valence-corrected chi connectivity index (χ1v) is 8.38. The van der Waals surface area contributed by atoms with Gasteiger partial charge in [0.05, 0.1) is 17.1 Å². The fourth-order valence-electron chi connectivity index (χ4n) is 2.09. The van der Waals surface area contributed by atoms with Crippen molar-refractivity contribution in [2.24, 2.45) is 0 Å². The van der Waals surface area contributed by atoms with Gasteiger partial charge in [-0.05, 0) is 30.7 Å². The molecule has 0 aliphatic carbocycles. The largest absolute Gasteiger partial charge is 0.416 e. The van der Waals surface area contributed by atoms with Crippen LogP contribution in [0.4, 0.5) is 18.9 Å². The summed E-state index contributed by atoms with van der Waals surface area (Å²) in [5.41, 5.74) is -0.853. The Balaban J connectivity index is 1.92. The average molecular weight is 350 g/mol. The van der Waals surface area contributed by atoms with Gasteiger partial charge >= 0.3 is 18.0 Å². The van der Waals surface area contributed by atoms with Crippen molar-refractivity contribution in [1.29, 1.82) is 0 Å². The number of benzene rings is 1. The minimum atomic E-state index is -4.49. The average Bonchev–Trinajstić information content (AvgIpc) is 2.77. The Labute approximate surface area is 130 Å². The number of amides is 2. The quantitative estimate of drug-likeness (QED) is 0.777. The topological polar surface area (TPSA) is 92.3 Å². The summed E-state index contributed by atoms with van der Waals surface area (Å²) in [5.74, 6) is -2.40. The van der Waals surface area contributed by atoms with E-state index in [4.69, 9.17) is 0 Å². The number of alkyl halides is 3. The molecule has 2 amide bonds. The number of sulfone groups is 1. The third kappa shape index (κ3) is 4.68. The first kappa shape index (κ1) is 17.3. The van der Waals surface area contributed by atoms with Crippen molar-refractivity contribution in [3.05, 3.63) is 29.8 Å². The molecule has 23 heavy (non-hydrogen) atoms. The second kappa shape index (κ2) is 6.19. The molecule has 0 bridgehead atoms. The molecule has 10 heteroatoms. The highest BCUT2D eigenvalue weighted by Crippen LogP contribution is 2.29. The molecule has 2 rings (SSSR count). The third-order valence-electron chi connectivity index (χ3n) is 3.24. The Kier molecular flexibility index (Phi) is 4.64. The maximum Gasteiger partial charge on any atom is 0.416 e. The minimum absolute atomic E-state index is 0.0252. The zero-order chi connectivity index (χ0) is 17.3. The van der Waals surface area contributed by atoms with E-state index in [0.717, 1.165) is 24.3 Å². The Morgan fingerprint density at radius 1 is 1.09 bits per heavy atom. The van der Waals surface area contributed by atoms with Crippen molar-refractivity contribution in [1.82, 2.24) is 5.32 Å². The summed E-state index contributed by atoms with van der Waals surface area (Å²) in [5, 5.41) is 4.43. The number of halogens is 3. The van der Waals surface area contributed by atoms with Gasteiger partial charge < -0.3 is 10.6 Å². The molecule has 1 aliphatic rings. The van der Waals surface area contributed by atoms with E-state index < -0.39 is 39.4 Å². The maximum absolute atomic E-state index is 12.4. The lowest BCUT2D eigenvalue weighted by molar-refractivity contribution is -0.137. The SMILES string of the molecule is O=C(Nc1ccc(C(F)(F)F)cc1)C(=O)NC1CCS(=O)(=O)C1. The number of hydrogen-bond donors (Lipinski definition) is 2. The first-order valence-electron chi connectivity index (χ1n) is 6.56. The summed E-state index contributed by atoms with van der Waals surface area (Å²) in [6.45, 7) is 0. The van der Waals surface area contributed by atoms with Gasteiger partial charge in [-0.3, -0.25) is 9.59 Å². The summed E-state index contributed by atoms with van der Waals surface area (Å²) in [6.07, 6.45) is -4.27. The van der Waals surface area contributed by atoms with Crippen LogP contribution in [0.5, 0.6) is 0 Å². The molecular formula is C13H13F3N2O4S. The standard InChI is InChI=1S/C13H13F3N2O4S/c14-13(15,16)8-1-3-9(4-2-8)17-11(19)12(20)18-10-5-6-23(21,22)7-10/h1-4,10H,5-7H2,(H,17,19)(H,18,20). The van der Waals surface area contributed by atoms with Gasteiger partial charge in [-0.1, -0.05) is 0 Å². The van der Waals surface area contributed by atoms with Crippen LogP contribution in [0.1, 0.15) is 12.0 Å². The van der Waals surface area contributed by atoms with Crippen LogP contribution in [0.3, 0.4) is 0 Å². The molecule has 1 heterocycles. The van der Waals surface area contributed by atoms with E-state index in [1.165, 1.54) is 0 Å². The van der Waals surface area contributed by atoms with Gasteiger partial charge in [0.2, 0.25) is 0 Å². The first-order chi connectivity index (χ1) is 10.6. The van der Waals surface area contributed by atoms with E-state index >= 15 is 0 Å². The molecule has 1 atom stereocenters. The van der Waals surface area contributed by atoms with Crippen LogP contribution in [-0.2, 0) is 25.6 Å². The van der Waals surface area contributed by atoms with E-state index in [2.05, 4.69) is 10.6 Å². The molecule has 0 aromatic heterocycles. The third-order valence-corrected chi connectivity index (χ3v) is 5.01. The number of hydrogen-bond acceptors (Lipinski definition) is 4. The fraction of sp³-hybridized carbons (Fsp3) is 0.385. The van der Waals surface area contributed by atoms with Crippen LogP contribution in [-0.4, -0.2) is 37.8 Å². The second-order valence-corrected chi connectivity index (χ2v) is 7.33. The highest BCUT2D eigenvalue weighted by molar-refractivity contribution is 7.91. The maximum atomic E-state index is 12.4. The predicted octanol–water partition coefficient (Wildman–Crippen LogP) is 0.947. The molecule has 0 saturated carbocycles. The van der Waals surface area contributed by atoms with Crippen LogP contribution < -0.4 is 10.6 Å². The number of anilines is 1. The van der Waals surface area contributed by atoms with E-state index in [1.54, 1.807) is 0 Å². The van der Waals surface area contributed by atoms with E-state index in [1.807, 2.05) is 0 Å². The molecule has 6 nitrogen and oxygen atoms in total. The van der Waals surface area contributed by atoms with Crippen molar-refractivity contribution in [3.8, 4) is 0 Å². The zero-order valence-corrected chi connectivity index (χ0v) is 12.5. The Bertz CT molecular complexity index is 714. The number of carbonyl (C=O) groups is 2. The molecule has 1 fully saturated rings. The van der Waals surface area contributed by atoms with Crippen LogP contribution in [0.2, 0.25) is 0 Å². The molecular weight excluding hydrogens is 337 g/mol. The smallest absolute Gasteiger partial charge is 0.344 e. The predicted molar refractivity (Wildman–Crippen MR) is 75.3 cm³/mol. The van der Waals surface area contributed by atoms with Crippen LogP contribution in [0.15, 0.2) is 24.3 Å². The zero-order valence-electron chi connectivity index (χ0n) is 11.7. The number of nitrogens with one attached hydrogen (secondary N) is 2. The Morgan fingerprint density at radius 2 is 1.70 bits per heavy atom. The van der Waals surface area contributed by atoms with Crippen LogP contribution in [0.25, 0.3) is 0 Å². The summed E-state index contributed by atoms with van der Waals surface area (Å²) in [4.78, 5) is 23.3. The molecule has 1 unspecified atom stereocenters. The van der Waals surface area contributed by atoms with Crippen molar-refractivity contribution in [2.75, 3.05) is 16.8 Å². The highest BCUT2D eigenvalue weighted by Gasteiger charge is 2.31. The lowest BCUT2D eigenvalue weighted by atomic mass is 10.2. The van der Waals surface area contributed by atoms with Crippen LogP contribution >= 0.6 is 0 Å². The van der Waals surface area contributed by atoms with Crippen molar-refractivity contribution in [2.45, 2.75) is 18.6 Å². The van der Waals surface area contributed by atoms with Crippen molar-refractivity contribution < 1.29 is 31.2 Å². The van der Waals surface area contributed by atoms with Crippen LogP contribution in [0, 0.1) is 0 Å². The molecule has 0 spiro atoms.